The first-order valence-corrected chi connectivity index (χ1v) is 11.1. The first-order chi connectivity index (χ1) is 16.5. The summed E-state index contributed by atoms with van der Waals surface area (Å²) in [6.45, 7) is 1.96. The molecule has 2 aromatic carbocycles. The highest BCUT2D eigenvalue weighted by Crippen LogP contribution is 2.30. The number of halogens is 1. The van der Waals surface area contributed by atoms with Crippen molar-refractivity contribution in [3.8, 4) is 23.3 Å². The van der Waals surface area contributed by atoms with Crippen molar-refractivity contribution < 1.29 is 28.2 Å². The van der Waals surface area contributed by atoms with E-state index in [9.17, 15) is 14.9 Å². The summed E-state index contributed by atoms with van der Waals surface area (Å²) >= 11 is 3.35. The van der Waals surface area contributed by atoms with Crippen LogP contribution in [-0.4, -0.2) is 25.1 Å². The van der Waals surface area contributed by atoms with E-state index in [1.807, 2.05) is 12.1 Å². The zero-order chi connectivity index (χ0) is 24.3. The molecule has 0 aliphatic carbocycles. The maximum atomic E-state index is 12.3. The molecule has 1 N–H and O–H groups in total. The molecule has 0 radical (unpaired) electrons. The number of hydrogen-bond donors (Lipinski definition) is 1. The Morgan fingerprint density at radius 1 is 1.09 bits per heavy atom. The highest BCUT2D eigenvalue weighted by atomic mass is 79.9. The van der Waals surface area contributed by atoms with Gasteiger partial charge < -0.3 is 23.9 Å². The summed E-state index contributed by atoms with van der Waals surface area (Å²) in [5, 5.41) is 12.0. The van der Waals surface area contributed by atoms with Gasteiger partial charge >= 0.3 is 5.97 Å². The number of ether oxygens (including phenoxy) is 3. The van der Waals surface area contributed by atoms with Gasteiger partial charge in [-0.15, -0.1) is 0 Å². The Morgan fingerprint density at radius 2 is 1.91 bits per heavy atom. The lowest BCUT2D eigenvalue weighted by molar-refractivity contribution is -0.136. The van der Waals surface area contributed by atoms with Crippen molar-refractivity contribution in [2.75, 3.05) is 13.2 Å². The quantitative estimate of drug-likeness (QED) is 0.178. The van der Waals surface area contributed by atoms with E-state index < -0.39 is 11.9 Å². The third-order valence-electron chi connectivity index (χ3n) is 4.35. The first kappa shape index (κ1) is 24.6. The number of carbonyl (C=O) groups is 2. The molecule has 0 spiro atoms. The lowest BCUT2D eigenvalue weighted by atomic mass is 10.1. The SMILES string of the molecule is CCOc1cc(/C=C(\C#N)C(=O)NCc2ccco2)ccc1OC(=O)COc1ccccc1Br. The third-order valence-corrected chi connectivity index (χ3v) is 5.01. The van der Waals surface area contributed by atoms with E-state index in [4.69, 9.17) is 18.6 Å². The number of esters is 1. The second-order valence-corrected chi connectivity index (χ2v) is 7.62. The molecule has 0 unspecified atom stereocenters. The predicted molar refractivity (Wildman–Crippen MR) is 127 cm³/mol. The molecule has 0 bridgehead atoms. The van der Waals surface area contributed by atoms with Crippen molar-refractivity contribution in [1.82, 2.24) is 5.32 Å². The molecule has 1 heterocycles. The van der Waals surface area contributed by atoms with Gasteiger partial charge in [0.1, 0.15) is 23.2 Å². The average Bonchev–Trinajstić information content (AvgIpc) is 3.36. The fourth-order valence-corrected chi connectivity index (χ4v) is 3.21. The average molecular weight is 525 g/mol. The Balaban J connectivity index is 1.68. The number of carbonyl (C=O) groups excluding carboxylic acids is 2. The molecule has 1 amide bonds. The van der Waals surface area contributed by atoms with Crippen molar-refractivity contribution in [2.24, 2.45) is 0 Å². The van der Waals surface area contributed by atoms with Crippen molar-refractivity contribution >= 4 is 33.9 Å². The number of furan rings is 1. The zero-order valence-corrected chi connectivity index (χ0v) is 19.8. The Bertz CT molecular complexity index is 1210. The highest BCUT2D eigenvalue weighted by Gasteiger charge is 2.14. The topological polar surface area (TPSA) is 111 Å². The van der Waals surface area contributed by atoms with Crippen molar-refractivity contribution in [1.29, 1.82) is 5.26 Å². The minimum absolute atomic E-state index is 0.0967. The largest absolute Gasteiger partial charge is 0.490 e. The summed E-state index contributed by atoms with van der Waals surface area (Å²) in [7, 11) is 0. The predicted octanol–water partition coefficient (Wildman–Crippen LogP) is 4.65. The van der Waals surface area contributed by atoms with Crippen molar-refractivity contribution in [3.05, 3.63) is 82.2 Å². The lowest BCUT2D eigenvalue weighted by Gasteiger charge is -2.12. The molecule has 9 heteroatoms. The molecule has 1 aromatic heterocycles. The number of para-hydroxylation sites is 1. The number of nitrogens with zero attached hydrogens (tertiary/aromatic N) is 1. The van der Waals surface area contributed by atoms with Gasteiger partial charge in [0, 0.05) is 0 Å². The Hall–Kier alpha value is -4.03. The second-order valence-electron chi connectivity index (χ2n) is 6.76. The fourth-order valence-electron chi connectivity index (χ4n) is 2.81. The fraction of sp³-hybridized carbons (Fsp3) is 0.160. The van der Waals surface area contributed by atoms with Crippen LogP contribution in [0.2, 0.25) is 0 Å². The number of hydrogen-bond acceptors (Lipinski definition) is 7. The number of amides is 1. The van der Waals surface area contributed by atoms with Crippen LogP contribution < -0.4 is 19.5 Å². The Kier molecular flexibility index (Phi) is 8.88. The van der Waals surface area contributed by atoms with Crippen LogP contribution in [0.15, 0.2) is 75.3 Å². The van der Waals surface area contributed by atoms with Gasteiger partial charge in [-0.3, -0.25) is 4.79 Å². The van der Waals surface area contributed by atoms with E-state index in [1.165, 1.54) is 18.4 Å². The summed E-state index contributed by atoms with van der Waals surface area (Å²) < 4.78 is 22.3. The molecule has 0 saturated heterocycles. The van der Waals surface area contributed by atoms with Gasteiger partial charge in [-0.2, -0.15) is 5.26 Å². The van der Waals surface area contributed by atoms with Crippen LogP contribution in [0.5, 0.6) is 17.2 Å². The van der Waals surface area contributed by atoms with E-state index >= 15 is 0 Å². The molecular weight excluding hydrogens is 504 g/mol. The molecule has 0 saturated carbocycles. The van der Waals surface area contributed by atoms with Crippen LogP contribution in [0, 0.1) is 11.3 Å². The summed E-state index contributed by atoms with van der Waals surface area (Å²) in [5.41, 5.74) is 0.429. The van der Waals surface area contributed by atoms with E-state index in [1.54, 1.807) is 49.4 Å². The zero-order valence-electron chi connectivity index (χ0n) is 18.2. The van der Waals surface area contributed by atoms with Crippen molar-refractivity contribution in [2.45, 2.75) is 13.5 Å². The summed E-state index contributed by atoms with van der Waals surface area (Å²) in [6.07, 6.45) is 2.92. The van der Waals surface area contributed by atoms with E-state index in [0.717, 1.165) is 4.47 Å². The van der Waals surface area contributed by atoms with Gasteiger partial charge in [-0.25, -0.2) is 4.79 Å². The van der Waals surface area contributed by atoms with Crippen LogP contribution in [0.25, 0.3) is 6.08 Å². The van der Waals surface area contributed by atoms with Gasteiger partial charge in [0.15, 0.2) is 18.1 Å². The summed E-state index contributed by atoms with van der Waals surface area (Å²) in [5.74, 6) is 0.407. The molecule has 0 aliphatic rings. The number of rotatable bonds is 10. The van der Waals surface area contributed by atoms with Gasteiger partial charge in [0.2, 0.25) is 0 Å². The second kappa shape index (κ2) is 12.3. The minimum atomic E-state index is -0.616. The Labute approximate surface area is 204 Å². The van der Waals surface area contributed by atoms with Crippen LogP contribution >= 0.6 is 15.9 Å². The molecule has 174 valence electrons. The van der Waals surface area contributed by atoms with E-state index in [2.05, 4.69) is 21.2 Å². The number of nitrogens with one attached hydrogen (secondary N) is 1. The van der Waals surface area contributed by atoms with Crippen LogP contribution in [0.3, 0.4) is 0 Å². The normalized spacial score (nSPS) is 10.8. The first-order valence-electron chi connectivity index (χ1n) is 10.3. The molecule has 34 heavy (non-hydrogen) atoms. The molecule has 8 nitrogen and oxygen atoms in total. The smallest absolute Gasteiger partial charge is 0.349 e. The summed E-state index contributed by atoms with van der Waals surface area (Å²) in [4.78, 5) is 24.6. The van der Waals surface area contributed by atoms with Crippen LogP contribution in [0.4, 0.5) is 0 Å². The van der Waals surface area contributed by atoms with Crippen molar-refractivity contribution in [3.63, 3.8) is 0 Å². The minimum Gasteiger partial charge on any atom is -0.490 e. The van der Waals surface area contributed by atoms with Gasteiger partial charge in [-0.05, 0) is 70.9 Å². The van der Waals surface area contributed by atoms with E-state index in [0.29, 0.717) is 29.4 Å². The monoisotopic (exact) mass is 524 g/mol. The molecule has 0 fully saturated rings. The number of benzene rings is 2. The number of nitriles is 1. The highest BCUT2D eigenvalue weighted by molar-refractivity contribution is 9.10. The van der Waals surface area contributed by atoms with E-state index in [-0.39, 0.29) is 24.5 Å². The molecule has 3 rings (SSSR count). The van der Waals surface area contributed by atoms with Crippen LogP contribution in [-0.2, 0) is 16.1 Å². The maximum absolute atomic E-state index is 12.3. The maximum Gasteiger partial charge on any atom is 0.349 e. The van der Waals surface area contributed by atoms with Gasteiger partial charge in [0.25, 0.3) is 5.91 Å². The molecular formula is C25H21BrN2O6. The lowest BCUT2D eigenvalue weighted by Crippen LogP contribution is -2.23. The molecule has 3 aromatic rings. The van der Waals surface area contributed by atoms with Crippen LogP contribution in [0.1, 0.15) is 18.2 Å². The Morgan fingerprint density at radius 3 is 2.62 bits per heavy atom. The third kappa shape index (κ3) is 6.98. The molecule has 0 aliphatic heterocycles. The molecule has 0 atom stereocenters. The van der Waals surface area contributed by atoms with Gasteiger partial charge in [0.05, 0.1) is 23.9 Å². The van der Waals surface area contributed by atoms with Gasteiger partial charge in [-0.1, -0.05) is 18.2 Å². The standard InChI is InChI=1S/C25H21BrN2O6/c1-2-31-23-13-17(12-18(14-27)25(30)28-15-19-6-5-11-32-19)9-10-22(23)34-24(29)16-33-21-8-4-3-7-20(21)26/h3-13H,2,15-16H2,1H3,(H,28,30)/b18-12+. The summed E-state index contributed by atoms with van der Waals surface area (Å²) in [6, 6.07) is 17.2.